The van der Waals surface area contributed by atoms with E-state index < -0.39 is 0 Å². The highest BCUT2D eigenvalue weighted by molar-refractivity contribution is 8.93. The normalized spacial score (nSPS) is 18.3. The maximum atomic E-state index is 5.94. The fourth-order valence-electron chi connectivity index (χ4n) is 2.11. The maximum Gasteiger partial charge on any atom is 0.161 e. The second kappa shape index (κ2) is 5.55. The minimum absolute atomic E-state index is 0. The Kier molecular flexibility index (Phi) is 4.62. The molecule has 1 atom stereocenters. The predicted octanol–water partition coefficient (Wildman–Crippen LogP) is 2.10. The van der Waals surface area contributed by atoms with Crippen LogP contribution in [0, 0.1) is 0 Å². The lowest BCUT2D eigenvalue weighted by Gasteiger charge is -2.22. The number of methoxy groups -OCH3 is 2. The summed E-state index contributed by atoms with van der Waals surface area (Å²) in [6.07, 6.45) is 3.04. The van der Waals surface area contributed by atoms with Crippen molar-refractivity contribution in [1.29, 1.82) is 0 Å². The number of rotatable bonds is 2. The van der Waals surface area contributed by atoms with E-state index in [0.717, 1.165) is 30.8 Å². The average molecular weight is 288 g/mol. The second-order valence-corrected chi connectivity index (χ2v) is 3.98. The number of fused-ring (bicyclic) bond motifs is 1. The Morgan fingerprint density at radius 3 is 2.25 bits per heavy atom. The van der Waals surface area contributed by atoms with Crippen molar-refractivity contribution in [2.75, 3.05) is 14.2 Å². The molecule has 2 rings (SSSR count). The van der Waals surface area contributed by atoms with Gasteiger partial charge in [0.1, 0.15) is 0 Å². The van der Waals surface area contributed by atoms with Gasteiger partial charge in [0.25, 0.3) is 0 Å². The third-order valence-electron chi connectivity index (χ3n) is 2.97. The van der Waals surface area contributed by atoms with Crippen LogP contribution in [-0.2, 0) is 12.8 Å². The molecule has 0 heterocycles. The Hall–Kier alpha value is -0.740. The van der Waals surface area contributed by atoms with Crippen molar-refractivity contribution in [3.63, 3.8) is 0 Å². The first kappa shape index (κ1) is 13.3. The summed E-state index contributed by atoms with van der Waals surface area (Å²) in [6.45, 7) is 0. The third-order valence-corrected chi connectivity index (χ3v) is 2.97. The van der Waals surface area contributed by atoms with Crippen LogP contribution in [0.4, 0.5) is 0 Å². The quantitative estimate of drug-likeness (QED) is 0.906. The number of nitrogens with two attached hydrogens (primary N) is 1. The highest BCUT2D eigenvalue weighted by atomic mass is 79.9. The summed E-state index contributed by atoms with van der Waals surface area (Å²) in [5, 5.41) is 0. The lowest BCUT2D eigenvalue weighted by atomic mass is 9.88. The van der Waals surface area contributed by atoms with Crippen LogP contribution >= 0.6 is 17.0 Å². The topological polar surface area (TPSA) is 44.5 Å². The Morgan fingerprint density at radius 2 is 1.69 bits per heavy atom. The van der Waals surface area contributed by atoms with Crippen molar-refractivity contribution in [1.82, 2.24) is 0 Å². The molecule has 1 aromatic rings. The van der Waals surface area contributed by atoms with Gasteiger partial charge in [0.15, 0.2) is 11.5 Å². The Balaban J connectivity index is 0.00000128. The van der Waals surface area contributed by atoms with Crippen LogP contribution in [0.1, 0.15) is 17.5 Å². The second-order valence-electron chi connectivity index (χ2n) is 3.98. The van der Waals surface area contributed by atoms with Crippen LogP contribution in [0.3, 0.4) is 0 Å². The van der Waals surface area contributed by atoms with Gasteiger partial charge in [0.05, 0.1) is 14.2 Å². The highest BCUT2D eigenvalue weighted by Crippen LogP contribution is 2.33. The van der Waals surface area contributed by atoms with Gasteiger partial charge < -0.3 is 15.2 Å². The minimum Gasteiger partial charge on any atom is -0.493 e. The molecule has 1 aromatic carbocycles. The van der Waals surface area contributed by atoms with Crippen LogP contribution in [0.15, 0.2) is 12.1 Å². The van der Waals surface area contributed by atoms with E-state index in [1.54, 1.807) is 14.2 Å². The van der Waals surface area contributed by atoms with Gasteiger partial charge in [-0.3, -0.25) is 0 Å². The number of aryl methyl sites for hydroxylation is 1. The fraction of sp³-hybridized carbons (Fsp3) is 0.500. The van der Waals surface area contributed by atoms with Crippen molar-refractivity contribution in [2.24, 2.45) is 5.73 Å². The van der Waals surface area contributed by atoms with Crippen LogP contribution in [0.2, 0.25) is 0 Å². The summed E-state index contributed by atoms with van der Waals surface area (Å²) in [5.41, 5.74) is 8.58. The molecular weight excluding hydrogens is 270 g/mol. The molecule has 3 nitrogen and oxygen atoms in total. The lowest BCUT2D eigenvalue weighted by Crippen LogP contribution is -2.27. The molecule has 0 saturated carbocycles. The van der Waals surface area contributed by atoms with E-state index in [-0.39, 0.29) is 23.0 Å². The molecule has 0 aliphatic heterocycles. The number of halogens is 1. The van der Waals surface area contributed by atoms with Gasteiger partial charge in [-0.25, -0.2) is 0 Å². The van der Waals surface area contributed by atoms with E-state index in [4.69, 9.17) is 15.2 Å². The van der Waals surface area contributed by atoms with Crippen molar-refractivity contribution in [2.45, 2.75) is 25.3 Å². The molecule has 16 heavy (non-hydrogen) atoms. The van der Waals surface area contributed by atoms with Crippen LogP contribution < -0.4 is 15.2 Å². The number of hydrogen-bond donors (Lipinski definition) is 1. The molecule has 1 aliphatic rings. The maximum absolute atomic E-state index is 5.94. The average Bonchev–Trinajstić information content (AvgIpc) is 2.27. The summed E-state index contributed by atoms with van der Waals surface area (Å²) >= 11 is 0. The largest absolute Gasteiger partial charge is 0.493 e. The molecule has 0 bridgehead atoms. The van der Waals surface area contributed by atoms with Gasteiger partial charge in [0.2, 0.25) is 0 Å². The summed E-state index contributed by atoms with van der Waals surface area (Å²) < 4.78 is 10.5. The zero-order valence-corrected chi connectivity index (χ0v) is 11.4. The monoisotopic (exact) mass is 287 g/mol. The van der Waals surface area contributed by atoms with Crippen molar-refractivity contribution in [3.8, 4) is 11.5 Å². The molecule has 0 saturated heterocycles. The first-order valence-electron chi connectivity index (χ1n) is 5.24. The standard InChI is InChI=1S/C12H17NO2.BrH/c1-14-11-6-8-3-4-10(13)5-9(8)7-12(11)15-2;/h6-7,10H,3-5,13H2,1-2H3;1H. The lowest BCUT2D eigenvalue weighted by molar-refractivity contribution is 0.353. The molecule has 4 heteroatoms. The number of ether oxygens (including phenoxy) is 2. The molecule has 0 aromatic heterocycles. The van der Waals surface area contributed by atoms with Crippen molar-refractivity contribution >= 4 is 17.0 Å². The van der Waals surface area contributed by atoms with E-state index in [1.165, 1.54) is 11.1 Å². The van der Waals surface area contributed by atoms with Gasteiger partial charge in [-0.15, -0.1) is 17.0 Å². The first-order chi connectivity index (χ1) is 7.24. The molecular formula is C12H18BrNO2. The Labute approximate surface area is 107 Å². The third kappa shape index (κ3) is 2.50. The Bertz CT molecular complexity index is 368. The van der Waals surface area contributed by atoms with Gasteiger partial charge in [-0.05, 0) is 42.5 Å². The molecule has 0 spiro atoms. The van der Waals surface area contributed by atoms with Crippen molar-refractivity contribution < 1.29 is 9.47 Å². The fourth-order valence-corrected chi connectivity index (χ4v) is 2.11. The van der Waals surface area contributed by atoms with E-state index in [9.17, 15) is 0 Å². The highest BCUT2D eigenvalue weighted by Gasteiger charge is 2.18. The molecule has 1 aliphatic carbocycles. The van der Waals surface area contributed by atoms with E-state index >= 15 is 0 Å². The summed E-state index contributed by atoms with van der Waals surface area (Å²) in [6, 6.07) is 4.41. The SMILES string of the molecule is Br.COc1cc2c(cc1OC)CC(N)CC2. The summed E-state index contributed by atoms with van der Waals surface area (Å²) in [5.74, 6) is 1.61. The molecule has 90 valence electrons. The van der Waals surface area contributed by atoms with E-state index in [2.05, 4.69) is 6.07 Å². The minimum atomic E-state index is 0. The van der Waals surface area contributed by atoms with Crippen LogP contribution in [-0.4, -0.2) is 20.3 Å². The van der Waals surface area contributed by atoms with E-state index in [0.29, 0.717) is 0 Å². The first-order valence-corrected chi connectivity index (χ1v) is 5.24. The summed E-state index contributed by atoms with van der Waals surface area (Å²) in [7, 11) is 3.33. The zero-order chi connectivity index (χ0) is 10.8. The van der Waals surface area contributed by atoms with Crippen LogP contribution in [0.25, 0.3) is 0 Å². The van der Waals surface area contributed by atoms with Crippen molar-refractivity contribution in [3.05, 3.63) is 23.3 Å². The Morgan fingerprint density at radius 1 is 1.12 bits per heavy atom. The zero-order valence-electron chi connectivity index (χ0n) is 9.66. The van der Waals surface area contributed by atoms with Crippen LogP contribution in [0.5, 0.6) is 11.5 Å². The molecule has 0 amide bonds. The van der Waals surface area contributed by atoms with E-state index in [1.807, 2.05) is 6.07 Å². The van der Waals surface area contributed by atoms with Gasteiger partial charge in [-0.2, -0.15) is 0 Å². The van der Waals surface area contributed by atoms with Gasteiger partial charge >= 0.3 is 0 Å². The number of hydrogen-bond acceptors (Lipinski definition) is 3. The van der Waals surface area contributed by atoms with Gasteiger partial charge in [0, 0.05) is 6.04 Å². The molecule has 0 radical (unpaired) electrons. The summed E-state index contributed by atoms with van der Waals surface area (Å²) in [4.78, 5) is 0. The number of benzene rings is 1. The molecule has 1 unspecified atom stereocenters. The predicted molar refractivity (Wildman–Crippen MR) is 69.9 cm³/mol. The molecule has 2 N–H and O–H groups in total. The van der Waals surface area contributed by atoms with Gasteiger partial charge in [-0.1, -0.05) is 0 Å². The smallest absolute Gasteiger partial charge is 0.161 e. The molecule has 0 fully saturated rings.